The fraction of sp³-hybridized carbons (Fsp3) is 0.125. The molecule has 0 unspecified atom stereocenters. The monoisotopic (exact) mass is 594 g/mol. The van der Waals surface area contributed by atoms with Crippen molar-refractivity contribution in [1.82, 2.24) is 28.7 Å². The van der Waals surface area contributed by atoms with E-state index in [1.165, 1.54) is 17.0 Å². The largest absolute Gasteiger partial charge is 0.416 e. The fourth-order valence-electron chi connectivity index (χ4n) is 4.63. The average molecular weight is 595 g/mol. The van der Waals surface area contributed by atoms with Gasteiger partial charge in [-0.25, -0.2) is 9.97 Å². The van der Waals surface area contributed by atoms with E-state index in [2.05, 4.69) is 37.5 Å². The quantitative estimate of drug-likeness (QED) is 0.229. The SMILES string of the molecule is Cc1cn(-c2cc(NC(=O)c3ccc(C)c(C#Cc4cnc5c(Nc6cnn(C)c6)cccn45)c3)cc(C(F)(F)F)c2)cn1. The third kappa shape index (κ3) is 5.89. The molecule has 0 saturated carbocycles. The van der Waals surface area contributed by atoms with Gasteiger partial charge in [0.2, 0.25) is 0 Å². The lowest BCUT2D eigenvalue weighted by atomic mass is 10.0. The maximum absolute atomic E-state index is 13.7. The number of fused-ring (bicyclic) bond motifs is 1. The van der Waals surface area contributed by atoms with Crippen molar-refractivity contribution in [2.75, 3.05) is 10.6 Å². The molecule has 4 heterocycles. The third-order valence-corrected chi connectivity index (χ3v) is 6.86. The summed E-state index contributed by atoms with van der Waals surface area (Å²) >= 11 is 0. The molecule has 6 rings (SSSR count). The highest BCUT2D eigenvalue weighted by Gasteiger charge is 2.31. The van der Waals surface area contributed by atoms with Crippen molar-refractivity contribution in [1.29, 1.82) is 0 Å². The minimum absolute atomic E-state index is 0.000754. The number of carbonyl (C=O) groups excluding carboxylic acids is 1. The lowest BCUT2D eigenvalue weighted by Gasteiger charge is -2.14. The normalized spacial score (nSPS) is 11.3. The number of imidazole rings is 2. The molecule has 1 amide bonds. The van der Waals surface area contributed by atoms with E-state index in [1.54, 1.807) is 48.4 Å². The molecule has 0 spiro atoms. The van der Waals surface area contributed by atoms with Gasteiger partial charge in [0, 0.05) is 48.1 Å². The summed E-state index contributed by atoms with van der Waals surface area (Å²) in [4.78, 5) is 21.8. The summed E-state index contributed by atoms with van der Waals surface area (Å²) < 4.78 is 46.1. The van der Waals surface area contributed by atoms with Crippen molar-refractivity contribution >= 4 is 28.6 Å². The number of rotatable bonds is 5. The van der Waals surface area contributed by atoms with Crippen molar-refractivity contribution in [2.24, 2.45) is 7.05 Å². The van der Waals surface area contributed by atoms with Crippen LogP contribution in [-0.2, 0) is 13.2 Å². The van der Waals surface area contributed by atoms with Crippen LogP contribution in [0, 0.1) is 25.7 Å². The van der Waals surface area contributed by atoms with Crippen molar-refractivity contribution in [3.05, 3.63) is 119 Å². The van der Waals surface area contributed by atoms with Crippen LogP contribution in [0.15, 0.2) is 85.8 Å². The number of aryl methyl sites for hydroxylation is 3. The second kappa shape index (κ2) is 11.1. The van der Waals surface area contributed by atoms with Gasteiger partial charge in [-0.05, 0) is 67.8 Å². The van der Waals surface area contributed by atoms with Crippen LogP contribution in [0.4, 0.5) is 30.2 Å². The van der Waals surface area contributed by atoms with E-state index >= 15 is 0 Å². The summed E-state index contributed by atoms with van der Waals surface area (Å²) in [5.74, 6) is 5.68. The molecular weight excluding hydrogens is 569 g/mol. The highest BCUT2D eigenvalue weighted by Crippen LogP contribution is 2.33. The number of nitrogens with zero attached hydrogens (tertiary/aromatic N) is 6. The zero-order valence-corrected chi connectivity index (χ0v) is 23.8. The zero-order valence-electron chi connectivity index (χ0n) is 23.8. The van der Waals surface area contributed by atoms with E-state index in [-0.39, 0.29) is 16.9 Å². The van der Waals surface area contributed by atoms with Gasteiger partial charge in [-0.1, -0.05) is 12.0 Å². The van der Waals surface area contributed by atoms with Crippen LogP contribution in [-0.4, -0.2) is 34.6 Å². The molecule has 0 saturated heterocycles. The molecule has 220 valence electrons. The molecule has 4 aromatic heterocycles. The van der Waals surface area contributed by atoms with Gasteiger partial charge in [0.15, 0.2) is 5.65 Å². The van der Waals surface area contributed by atoms with Gasteiger partial charge in [-0.2, -0.15) is 18.3 Å². The molecular formula is C32H25F3N8O. The van der Waals surface area contributed by atoms with Crippen molar-refractivity contribution in [2.45, 2.75) is 20.0 Å². The molecule has 6 aromatic rings. The topological polar surface area (TPSA) is 94.1 Å². The number of halogens is 3. The number of alkyl halides is 3. The van der Waals surface area contributed by atoms with Crippen LogP contribution >= 0.6 is 0 Å². The summed E-state index contributed by atoms with van der Waals surface area (Å²) in [5.41, 5.74) is 4.56. The summed E-state index contributed by atoms with van der Waals surface area (Å²) in [6.07, 6.45) is 5.50. The molecule has 12 heteroatoms. The van der Waals surface area contributed by atoms with Crippen LogP contribution in [0.25, 0.3) is 11.3 Å². The fourth-order valence-corrected chi connectivity index (χ4v) is 4.63. The molecule has 2 aromatic carbocycles. The number of nitrogens with one attached hydrogen (secondary N) is 2. The van der Waals surface area contributed by atoms with Gasteiger partial charge in [0.1, 0.15) is 5.69 Å². The van der Waals surface area contributed by atoms with E-state index < -0.39 is 17.6 Å². The number of carbonyl (C=O) groups is 1. The number of amides is 1. The maximum Gasteiger partial charge on any atom is 0.416 e. The van der Waals surface area contributed by atoms with Crippen LogP contribution < -0.4 is 10.6 Å². The van der Waals surface area contributed by atoms with Crippen molar-refractivity contribution in [3.8, 4) is 17.5 Å². The van der Waals surface area contributed by atoms with E-state index in [1.807, 2.05) is 42.9 Å². The van der Waals surface area contributed by atoms with Gasteiger partial charge in [-0.3, -0.25) is 13.9 Å². The summed E-state index contributed by atoms with van der Waals surface area (Å²) in [7, 11) is 1.83. The number of hydrogen-bond acceptors (Lipinski definition) is 5. The molecule has 2 N–H and O–H groups in total. The minimum Gasteiger partial charge on any atom is -0.350 e. The first-order valence-electron chi connectivity index (χ1n) is 13.4. The lowest BCUT2D eigenvalue weighted by Crippen LogP contribution is -2.14. The van der Waals surface area contributed by atoms with Crippen LogP contribution in [0.1, 0.15) is 38.4 Å². The summed E-state index contributed by atoms with van der Waals surface area (Å²) in [6.45, 7) is 3.60. The Balaban J connectivity index is 1.27. The number of anilines is 3. The second-order valence-electron chi connectivity index (χ2n) is 10.2. The predicted octanol–water partition coefficient (Wildman–Crippen LogP) is 6.28. The van der Waals surface area contributed by atoms with Gasteiger partial charge in [0.25, 0.3) is 5.91 Å². The third-order valence-electron chi connectivity index (χ3n) is 6.86. The maximum atomic E-state index is 13.7. The predicted molar refractivity (Wildman–Crippen MR) is 160 cm³/mol. The van der Waals surface area contributed by atoms with Crippen molar-refractivity contribution in [3.63, 3.8) is 0 Å². The highest BCUT2D eigenvalue weighted by molar-refractivity contribution is 6.04. The minimum atomic E-state index is -4.61. The Morgan fingerprint density at radius 3 is 2.52 bits per heavy atom. The standard InChI is InChI=1S/C32H25F3N8O/c1-20-6-7-23(31(44)40-25-12-24(32(33,34)35)13-28(14-25)42-17-21(2)37-19-42)11-22(20)8-9-27-16-36-30-29(5-4-10-43(27)30)39-26-15-38-41(3)18-26/h4-7,10-19,39H,1-3H3,(H,40,44). The summed E-state index contributed by atoms with van der Waals surface area (Å²) in [5, 5.41) is 10.1. The van der Waals surface area contributed by atoms with E-state index in [0.29, 0.717) is 22.6 Å². The number of hydrogen-bond donors (Lipinski definition) is 2. The average Bonchev–Trinajstić information content (AvgIpc) is 3.72. The first-order chi connectivity index (χ1) is 21.0. The van der Waals surface area contributed by atoms with Crippen LogP contribution in [0.2, 0.25) is 0 Å². The molecule has 0 fully saturated rings. The molecule has 9 nitrogen and oxygen atoms in total. The Kier molecular flexibility index (Phi) is 7.14. The van der Waals surface area contributed by atoms with Crippen molar-refractivity contribution < 1.29 is 18.0 Å². The number of pyridine rings is 1. The highest BCUT2D eigenvalue weighted by atomic mass is 19.4. The molecule has 0 bridgehead atoms. The zero-order chi connectivity index (χ0) is 31.0. The Morgan fingerprint density at radius 1 is 0.955 bits per heavy atom. The Bertz CT molecular complexity index is 2090. The molecule has 44 heavy (non-hydrogen) atoms. The van der Waals surface area contributed by atoms with Gasteiger partial charge in [0.05, 0.1) is 41.4 Å². The van der Waals surface area contributed by atoms with Gasteiger partial charge < -0.3 is 15.2 Å². The Morgan fingerprint density at radius 2 is 1.80 bits per heavy atom. The molecule has 0 atom stereocenters. The Hall–Kier alpha value is -5.83. The smallest absolute Gasteiger partial charge is 0.350 e. The molecule has 0 aliphatic rings. The first-order valence-corrected chi connectivity index (χ1v) is 13.4. The number of aromatic nitrogens is 6. The van der Waals surface area contributed by atoms with Crippen LogP contribution in [0.3, 0.4) is 0 Å². The molecule has 0 radical (unpaired) electrons. The van der Waals surface area contributed by atoms with E-state index in [4.69, 9.17) is 0 Å². The first kappa shape index (κ1) is 28.3. The van der Waals surface area contributed by atoms with Crippen LogP contribution in [0.5, 0.6) is 0 Å². The lowest BCUT2D eigenvalue weighted by molar-refractivity contribution is -0.137. The van der Waals surface area contributed by atoms with Gasteiger partial charge >= 0.3 is 6.18 Å². The number of benzene rings is 2. The van der Waals surface area contributed by atoms with Gasteiger partial charge in [-0.15, -0.1) is 0 Å². The molecule has 0 aliphatic heterocycles. The second-order valence-corrected chi connectivity index (χ2v) is 10.2. The Labute approximate surface area is 250 Å². The molecule has 0 aliphatic carbocycles. The summed E-state index contributed by atoms with van der Waals surface area (Å²) in [6, 6.07) is 12.1. The van der Waals surface area contributed by atoms with E-state index in [9.17, 15) is 18.0 Å². The van der Waals surface area contributed by atoms with E-state index in [0.717, 1.165) is 29.1 Å².